The van der Waals surface area contributed by atoms with Crippen LogP contribution in [0.2, 0.25) is 0 Å². The van der Waals surface area contributed by atoms with E-state index in [1.807, 2.05) is 6.92 Å². The smallest absolute Gasteiger partial charge is 0.230 e. The van der Waals surface area contributed by atoms with Crippen molar-refractivity contribution in [2.24, 2.45) is 0 Å². The van der Waals surface area contributed by atoms with Gasteiger partial charge in [0.15, 0.2) is 5.82 Å². The van der Waals surface area contributed by atoms with Crippen molar-refractivity contribution in [2.45, 2.75) is 33.2 Å². The first-order chi connectivity index (χ1) is 13.1. The maximum absolute atomic E-state index is 11.0. The van der Waals surface area contributed by atoms with Crippen molar-refractivity contribution in [3.8, 4) is 5.88 Å². The minimum Gasteiger partial charge on any atom is -0.492 e. The second kappa shape index (κ2) is 7.58. The van der Waals surface area contributed by atoms with Crippen LogP contribution < -0.4 is 0 Å². The first kappa shape index (κ1) is 18.4. The molecule has 1 unspecified atom stereocenters. The molecule has 1 saturated heterocycles. The highest BCUT2D eigenvalue weighted by atomic mass is 32.1. The molecule has 0 bridgehead atoms. The summed E-state index contributed by atoms with van der Waals surface area (Å²) in [5.74, 6) is 1.00. The van der Waals surface area contributed by atoms with E-state index in [0.717, 1.165) is 54.8 Å². The average molecular weight is 386 g/mol. The summed E-state index contributed by atoms with van der Waals surface area (Å²) in [4.78, 5) is 11.2. The highest BCUT2D eigenvalue weighted by Gasteiger charge is 2.32. The van der Waals surface area contributed by atoms with Gasteiger partial charge in [-0.1, -0.05) is 49.4 Å². The van der Waals surface area contributed by atoms with Gasteiger partial charge in [-0.15, -0.1) is 5.10 Å². The normalized spacial score (nSPS) is 17.6. The Hall–Kier alpha value is -1.96. The van der Waals surface area contributed by atoms with Crippen molar-refractivity contribution in [3.05, 3.63) is 46.1 Å². The maximum atomic E-state index is 11.0. The fraction of sp³-hybridized carbons (Fsp3) is 0.500. The highest BCUT2D eigenvalue weighted by molar-refractivity contribution is 7.17. The van der Waals surface area contributed by atoms with E-state index >= 15 is 0 Å². The first-order valence-corrected chi connectivity index (χ1v) is 10.5. The van der Waals surface area contributed by atoms with Gasteiger partial charge in [0, 0.05) is 32.6 Å². The molecule has 0 radical (unpaired) electrons. The van der Waals surface area contributed by atoms with Crippen LogP contribution in [-0.4, -0.2) is 62.2 Å². The van der Waals surface area contributed by atoms with Gasteiger partial charge < -0.3 is 10.0 Å². The van der Waals surface area contributed by atoms with Crippen molar-refractivity contribution in [3.63, 3.8) is 0 Å². The summed E-state index contributed by atoms with van der Waals surface area (Å²) in [7, 11) is 0. The van der Waals surface area contributed by atoms with Crippen LogP contribution in [0.25, 0.3) is 4.96 Å². The van der Waals surface area contributed by atoms with Gasteiger partial charge in [-0.3, -0.25) is 4.90 Å². The summed E-state index contributed by atoms with van der Waals surface area (Å²) in [6.45, 7) is 11.6. The molecule has 27 heavy (non-hydrogen) atoms. The molecule has 1 aliphatic rings. The Morgan fingerprint density at radius 1 is 1.15 bits per heavy atom. The zero-order valence-electron chi connectivity index (χ0n) is 16.2. The molecule has 0 aliphatic carbocycles. The quantitative estimate of drug-likeness (QED) is 0.731. The molecule has 4 rings (SSSR count). The van der Waals surface area contributed by atoms with Gasteiger partial charge in [-0.2, -0.15) is 4.52 Å². The molecule has 144 valence electrons. The lowest BCUT2D eigenvalue weighted by Crippen LogP contribution is -2.47. The lowest BCUT2D eigenvalue weighted by Gasteiger charge is -2.39. The predicted octanol–water partition coefficient (Wildman–Crippen LogP) is 3.09. The van der Waals surface area contributed by atoms with E-state index in [1.165, 1.54) is 11.1 Å². The second-order valence-corrected chi connectivity index (χ2v) is 8.10. The van der Waals surface area contributed by atoms with Crippen molar-refractivity contribution in [1.82, 2.24) is 24.4 Å². The van der Waals surface area contributed by atoms with Crippen LogP contribution in [0.5, 0.6) is 5.88 Å². The monoisotopic (exact) mass is 385 g/mol. The Kier molecular flexibility index (Phi) is 5.16. The van der Waals surface area contributed by atoms with E-state index in [9.17, 15) is 5.11 Å². The maximum Gasteiger partial charge on any atom is 0.230 e. The molecule has 0 amide bonds. The number of nitrogens with zero attached hydrogens (tertiary/aromatic N) is 5. The number of likely N-dealkylation sites (N-methyl/N-ethyl adjacent to an activating group) is 1. The van der Waals surface area contributed by atoms with Gasteiger partial charge >= 0.3 is 0 Å². The summed E-state index contributed by atoms with van der Waals surface area (Å²) in [6, 6.07) is 8.51. The number of rotatable bonds is 5. The van der Waals surface area contributed by atoms with E-state index < -0.39 is 0 Å². The molecule has 1 aliphatic heterocycles. The number of aromatic nitrogens is 3. The number of hydrogen-bond acceptors (Lipinski definition) is 6. The fourth-order valence-corrected chi connectivity index (χ4v) is 4.98. The fourth-order valence-electron chi connectivity index (χ4n) is 3.85. The molecule has 2 aromatic heterocycles. The summed E-state index contributed by atoms with van der Waals surface area (Å²) < 4.78 is 1.60. The van der Waals surface area contributed by atoms with Crippen LogP contribution in [0.15, 0.2) is 24.3 Å². The first-order valence-electron chi connectivity index (χ1n) is 9.71. The van der Waals surface area contributed by atoms with Crippen molar-refractivity contribution in [2.75, 3.05) is 32.7 Å². The Balaban J connectivity index is 1.77. The summed E-state index contributed by atoms with van der Waals surface area (Å²) >= 11 is 1.56. The Morgan fingerprint density at radius 3 is 2.52 bits per heavy atom. The topological polar surface area (TPSA) is 56.9 Å². The molecule has 1 fully saturated rings. The molecule has 0 saturated carbocycles. The molecule has 1 aromatic carbocycles. The predicted molar refractivity (Wildman–Crippen MR) is 109 cm³/mol. The van der Waals surface area contributed by atoms with E-state index in [-0.39, 0.29) is 11.9 Å². The van der Waals surface area contributed by atoms with E-state index in [1.54, 1.807) is 15.9 Å². The lowest BCUT2D eigenvalue weighted by molar-refractivity contribution is 0.113. The van der Waals surface area contributed by atoms with Gasteiger partial charge in [0.05, 0.1) is 10.9 Å². The third kappa shape index (κ3) is 3.35. The van der Waals surface area contributed by atoms with Crippen LogP contribution in [0.4, 0.5) is 0 Å². The van der Waals surface area contributed by atoms with Gasteiger partial charge in [0.25, 0.3) is 0 Å². The number of benzene rings is 1. The van der Waals surface area contributed by atoms with Crippen LogP contribution in [0.1, 0.15) is 41.7 Å². The zero-order chi connectivity index (χ0) is 19.0. The standard InChI is InChI=1S/C20H27N5OS/c1-4-16-21-20-25(22-16)19(26)18(27-20)17(15-9-7-6-8-14(15)3)24-12-10-23(5-2)11-13-24/h6-9,17,26H,4-5,10-13H2,1-3H3. The van der Waals surface area contributed by atoms with Crippen LogP contribution >= 0.6 is 11.3 Å². The van der Waals surface area contributed by atoms with Gasteiger partial charge in [0.2, 0.25) is 10.8 Å². The molecule has 1 N–H and O–H groups in total. The van der Waals surface area contributed by atoms with Crippen molar-refractivity contribution < 1.29 is 5.11 Å². The Labute approximate surface area is 164 Å². The van der Waals surface area contributed by atoms with Crippen LogP contribution in [0, 0.1) is 6.92 Å². The zero-order valence-corrected chi connectivity index (χ0v) is 17.0. The Morgan fingerprint density at radius 2 is 1.89 bits per heavy atom. The molecule has 6 nitrogen and oxygen atoms in total. The van der Waals surface area contributed by atoms with Gasteiger partial charge in [0.1, 0.15) is 0 Å². The second-order valence-electron chi connectivity index (χ2n) is 7.10. The number of hydrogen-bond donors (Lipinski definition) is 1. The molecule has 7 heteroatoms. The molecular weight excluding hydrogens is 358 g/mol. The van der Waals surface area contributed by atoms with Gasteiger partial charge in [-0.05, 0) is 24.6 Å². The van der Waals surface area contributed by atoms with Crippen molar-refractivity contribution in [1.29, 1.82) is 0 Å². The van der Waals surface area contributed by atoms with Crippen LogP contribution in [0.3, 0.4) is 0 Å². The third-order valence-corrected chi connectivity index (χ3v) is 6.58. The minimum absolute atomic E-state index is 0.0313. The molecule has 0 spiro atoms. The van der Waals surface area contributed by atoms with Crippen molar-refractivity contribution >= 4 is 16.3 Å². The SMILES string of the molecule is CCc1nc2sc(C(c3ccccc3C)N3CCN(CC)CC3)c(O)n2n1. The minimum atomic E-state index is 0.0313. The van der Waals surface area contributed by atoms with E-state index in [0.29, 0.717) is 0 Å². The lowest BCUT2D eigenvalue weighted by atomic mass is 9.98. The number of thiazole rings is 1. The molecule has 3 heterocycles. The third-order valence-electron chi connectivity index (χ3n) is 5.51. The Bertz CT molecular complexity index is 926. The summed E-state index contributed by atoms with van der Waals surface area (Å²) in [6.07, 6.45) is 0.767. The molecular formula is C20H27N5OS. The van der Waals surface area contributed by atoms with E-state index in [2.05, 4.69) is 58.0 Å². The van der Waals surface area contributed by atoms with E-state index in [4.69, 9.17) is 0 Å². The molecule has 1 atom stereocenters. The average Bonchev–Trinajstić information content (AvgIpc) is 3.23. The highest BCUT2D eigenvalue weighted by Crippen LogP contribution is 2.41. The number of fused-ring (bicyclic) bond motifs is 1. The number of aryl methyl sites for hydroxylation is 2. The summed E-state index contributed by atoms with van der Waals surface area (Å²) in [5.41, 5.74) is 2.49. The molecule has 3 aromatic rings. The number of piperazine rings is 1. The largest absolute Gasteiger partial charge is 0.492 e. The van der Waals surface area contributed by atoms with Crippen LogP contribution in [-0.2, 0) is 6.42 Å². The van der Waals surface area contributed by atoms with Gasteiger partial charge in [-0.25, -0.2) is 4.98 Å². The number of aromatic hydroxyl groups is 1. The summed E-state index contributed by atoms with van der Waals surface area (Å²) in [5, 5.41) is 15.4.